The Kier molecular flexibility index (Phi) is 8.26. The summed E-state index contributed by atoms with van der Waals surface area (Å²) in [6.45, 7) is 10.1. The second-order valence-electron chi connectivity index (χ2n) is 6.31. The van der Waals surface area contributed by atoms with Gasteiger partial charge < -0.3 is 16.0 Å². The number of hydrogen-bond donors (Lipinski definition) is 3. The normalized spacial score (nSPS) is 11.3. The number of nitrogens with one attached hydrogen (secondary N) is 3. The van der Waals surface area contributed by atoms with Crippen LogP contribution in [0.3, 0.4) is 0 Å². The predicted octanol–water partition coefficient (Wildman–Crippen LogP) is 3.06. The van der Waals surface area contributed by atoms with Crippen molar-refractivity contribution in [3.63, 3.8) is 0 Å². The Morgan fingerprint density at radius 2 is 1.89 bits per heavy atom. The van der Waals surface area contributed by atoms with E-state index in [1.54, 1.807) is 11.3 Å². The highest BCUT2D eigenvalue weighted by Gasteiger charge is 2.04. The number of carbonyl (C=O) groups is 1. The number of guanidine groups is 1. The highest BCUT2D eigenvalue weighted by Crippen LogP contribution is 2.16. The third kappa shape index (κ3) is 7.38. The lowest BCUT2D eigenvalue weighted by molar-refractivity contribution is -0.114. The Morgan fingerprint density at radius 3 is 2.48 bits per heavy atom. The Hall–Kier alpha value is -2.41. The van der Waals surface area contributed by atoms with Gasteiger partial charge in [-0.15, -0.1) is 11.3 Å². The first-order valence-electron chi connectivity index (χ1n) is 9.29. The summed E-state index contributed by atoms with van der Waals surface area (Å²) in [5.41, 5.74) is 3.15. The second kappa shape index (κ2) is 10.7. The summed E-state index contributed by atoms with van der Waals surface area (Å²) in [4.78, 5) is 21.5. The number of carbonyl (C=O) groups excluding carboxylic acids is 1. The smallest absolute Gasteiger partial charge is 0.221 e. The molecule has 7 heteroatoms. The maximum absolute atomic E-state index is 11.1. The van der Waals surface area contributed by atoms with Crippen molar-refractivity contribution in [1.82, 2.24) is 15.6 Å². The van der Waals surface area contributed by atoms with Gasteiger partial charge in [-0.25, -0.2) is 4.98 Å². The van der Waals surface area contributed by atoms with Gasteiger partial charge in [-0.05, 0) is 44.9 Å². The number of aromatic nitrogens is 1. The van der Waals surface area contributed by atoms with Crippen LogP contribution >= 0.6 is 11.3 Å². The molecule has 0 saturated heterocycles. The minimum absolute atomic E-state index is 0.0565. The maximum Gasteiger partial charge on any atom is 0.221 e. The molecule has 27 heavy (non-hydrogen) atoms. The number of rotatable bonds is 8. The van der Waals surface area contributed by atoms with Crippen LogP contribution in [-0.4, -0.2) is 36.5 Å². The van der Waals surface area contributed by atoms with Crippen molar-refractivity contribution >= 4 is 28.9 Å². The number of aryl methyl sites for hydroxylation is 2. The predicted molar refractivity (Wildman–Crippen MR) is 114 cm³/mol. The molecule has 1 aromatic carbocycles. The summed E-state index contributed by atoms with van der Waals surface area (Å²) in [5, 5.41) is 10.6. The molecule has 3 N–H and O–H groups in total. The van der Waals surface area contributed by atoms with Gasteiger partial charge in [0.15, 0.2) is 5.96 Å². The Balaban J connectivity index is 1.80. The third-order valence-electron chi connectivity index (χ3n) is 3.99. The van der Waals surface area contributed by atoms with Crippen molar-refractivity contribution in [2.45, 2.75) is 40.5 Å². The van der Waals surface area contributed by atoms with E-state index in [0.717, 1.165) is 48.3 Å². The average Bonchev–Trinajstić information content (AvgIpc) is 2.94. The topological polar surface area (TPSA) is 78.4 Å². The van der Waals surface area contributed by atoms with Gasteiger partial charge in [-0.2, -0.15) is 0 Å². The third-order valence-corrected chi connectivity index (χ3v) is 5.13. The van der Waals surface area contributed by atoms with E-state index in [-0.39, 0.29) is 5.91 Å². The molecule has 0 atom stereocenters. The Labute approximate surface area is 165 Å². The van der Waals surface area contributed by atoms with Crippen LogP contribution in [0.25, 0.3) is 0 Å². The summed E-state index contributed by atoms with van der Waals surface area (Å²) >= 11 is 1.75. The van der Waals surface area contributed by atoms with Crippen molar-refractivity contribution in [2.75, 3.05) is 25.0 Å². The summed E-state index contributed by atoms with van der Waals surface area (Å²) in [6, 6.07) is 7.91. The van der Waals surface area contributed by atoms with Crippen molar-refractivity contribution in [1.29, 1.82) is 0 Å². The molecule has 0 bridgehead atoms. The number of amides is 1. The van der Waals surface area contributed by atoms with Crippen LogP contribution < -0.4 is 16.0 Å². The first kappa shape index (κ1) is 20.9. The minimum atomic E-state index is -0.0565. The second-order valence-corrected chi connectivity index (χ2v) is 7.60. The lowest BCUT2D eigenvalue weighted by Gasteiger charge is -2.11. The molecular formula is C20H29N5OS. The number of anilines is 1. The lowest BCUT2D eigenvalue weighted by Crippen LogP contribution is -2.38. The van der Waals surface area contributed by atoms with Gasteiger partial charge in [0.1, 0.15) is 0 Å². The molecule has 0 aliphatic rings. The lowest BCUT2D eigenvalue weighted by atomic mass is 10.1. The van der Waals surface area contributed by atoms with E-state index in [0.29, 0.717) is 6.54 Å². The SMILES string of the molecule is CCNC(=NCCc1nc(C)c(C)s1)NCCc1ccc(NC(C)=O)cc1. The van der Waals surface area contributed by atoms with Gasteiger partial charge >= 0.3 is 0 Å². The van der Waals surface area contributed by atoms with Crippen LogP contribution in [0.2, 0.25) is 0 Å². The molecule has 2 rings (SSSR count). The number of nitrogens with zero attached hydrogens (tertiary/aromatic N) is 2. The van der Waals surface area contributed by atoms with Gasteiger partial charge in [0.2, 0.25) is 5.91 Å². The Bertz CT molecular complexity index is 748. The zero-order chi connectivity index (χ0) is 19.6. The molecule has 0 unspecified atom stereocenters. The molecule has 146 valence electrons. The van der Waals surface area contributed by atoms with Gasteiger partial charge in [0, 0.05) is 43.5 Å². The van der Waals surface area contributed by atoms with Gasteiger partial charge in [0.05, 0.1) is 10.7 Å². The summed E-state index contributed by atoms with van der Waals surface area (Å²) < 4.78 is 0. The molecule has 0 aliphatic heterocycles. The van der Waals surface area contributed by atoms with E-state index in [1.807, 2.05) is 31.2 Å². The average molecular weight is 388 g/mol. The maximum atomic E-state index is 11.1. The van der Waals surface area contributed by atoms with E-state index < -0.39 is 0 Å². The van der Waals surface area contributed by atoms with Gasteiger partial charge in [-0.3, -0.25) is 9.79 Å². The Morgan fingerprint density at radius 1 is 1.15 bits per heavy atom. The highest BCUT2D eigenvalue weighted by atomic mass is 32.1. The van der Waals surface area contributed by atoms with E-state index in [1.165, 1.54) is 17.4 Å². The first-order valence-corrected chi connectivity index (χ1v) is 10.1. The van der Waals surface area contributed by atoms with Crippen molar-refractivity contribution in [3.8, 4) is 0 Å². The van der Waals surface area contributed by atoms with E-state index >= 15 is 0 Å². The summed E-state index contributed by atoms with van der Waals surface area (Å²) in [6.07, 6.45) is 1.75. The number of hydrogen-bond acceptors (Lipinski definition) is 4. The van der Waals surface area contributed by atoms with Gasteiger partial charge in [0.25, 0.3) is 0 Å². The standard InChI is InChI=1S/C20H29N5OS/c1-5-21-20(23-13-11-19-24-14(2)15(3)27-19)22-12-10-17-6-8-18(9-7-17)25-16(4)26/h6-9H,5,10-13H2,1-4H3,(H,25,26)(H2,21,22,23). The molecule has 0 saturated carbocycles. The number of thiazole rings is 1. The van der Waals surface area contributed by atoms with Crippen LogP contribution in [0.15, 0.2) is 29.3 Å². The quantitative estimate of drug-likeness (QED) is 0.480. The fourth-order valence-corrected chi connectivity index (χ4v) is 3.46. The molecule has 1 heterocycles. The minimum Gasteiger partial charge on any atom is -0.357 e. The molecule has 2 aromatic rings. The molecule has 0 spiro atoms. The van der Waals surface area contributed by atoms with Crippen LogP contribution in [0.4, 0.5) is 5.69 Å². The molecule has 1 amide bonds. The molecule has 0 radical (unpaired) electrons. The fourth-order valence-electron chi connectivity index (χ4n) is 2.53. The van der Waals surface area contributed by atoms with Crippen molar-refractivity contribution in [2.24, 2.45) is 4.99 Å². The van der Waals surface area contributed by atoms with Crippen LogP contribution in [0, 0.1) is 13.8 Å². The summed E-state index contributed by atoms with van der Waals surface area (Å²) in [7, 11) is 0. The largest absolute Gasteiger partial charge is 0.357 e. The molecule has 0 aliphatic carbocycles. The van der Waals surface area contributed by atoms with Crippen LogP contribution in [0.1, 0.15) is 35.0 Å². The first-order chi connectivity index (χ1) is 13.0. The zero-order valence-electron chi connectivity index (χ0n) is 16.6. The molecule has 6 nitrogen and oxygen atoms in total. The highest BCUT2D eigenvalue weighted by molar-refractivity contribution is 7.11. The van der Waals surface area contributed by atoms with E-state index in [4.69, 9.17) is 0 Å². The van der Waals surface area contributed by atoms with Crippen molar-refractivity contribution < 1.29 is 4.79 Å². The van der Waals surface area contributed by atoms with E-state index in [2.05, 4.69) is 39.8 Å². The molecular weight excluding hydrogens is 358 g/mol. The van der Waals surface area contributed by atoms with E-state index in [9.17, 15) is 4.79 Å². The van der Waals surface area contributed by atoms with Gasteiger partial charge in [-0.1, -0.05) is 12.1 Å². The zero-order valence-corrected chi connectivity index (χ0v) is 17.4. The monoisotopic (exact) mass is 387 g/mol. The number of benzene rings is 1. The molecule has 0 fully saturated rings. The van der Waals surface area contributed by atoms with Crippen LogP contribution in [0.5, 0.6) is 0 Å². The van der Waals surface area contributed by atoms with Crippen LogP contribution in [-0.2, 0) is 17.6 Å². The molecule has 1 aromatic heterocycles. The van der Waals surface area contributed by atoms with Crippen molar-refractivity contribution in [3.05, 3.63) is 45.4 Å². The fraction of sp³-hybridized carbons (Fsp3) is 0.450. The number of aliphatic imine (C=N–C) groups is 1. The summed E-state index contributed by atoms with van der Waals surface area (Å²) in [5.74, 6) is 0.774.